The van der Waals surface area contributed by atoms with Crippen LogP contribution in [0.3, 0.4) is 0 Å². The van der Waals surface area contributed by atoms with Crippen molar-refractivity contribution in [1.29, 1.82) is 0 Å². The molecule has 3 fully saturated rings. The van der Waals surface area contributed by atoms with Crippen molar-refractivity contribution in [2.45, 2.75) is 156 Å². The Labute approximate surface area is 273 Å². The predicted octanol–water partition coefficient (Wildman–Crippen LogP) is 10.9. The van der Waals surface area contributed by atoms with Gasteiger partial charge in [-0.3, -0.25) is 0 Å². The summed E-state index contributed by atoms with van der Waals surface area (Å²) >= 11 is 0. The number of hydrogen-bond acceptors (Lipinski definition) is 4. The average Bonchev–Trinajstić information content (AvgIpc) is 3.24. The van der Waals surface area contributed by atoms with Gasteiger partial charge in [-0.25, -0.2) is 4.79 Å². The number of carbonyl (C=O) groups excluding carboxylic acids is 1. The number of ether oxygens (including phenoxy) is 1. The Hall–Kier alpha value is -1.22. The Kier molecular flexibility index (Phi) is 11.7. The molecular weight excluding hydrogens is 577 g/mol. The summed E-state index contributed by atoms with van der Waals surface area (Å²) in [4.78, 5) is 12.0. The van der Waals surface area contributed by atoms with Gasteiger partial charge >= 0.3 is 5.97 Å². The monoisotopic (exact) mass is 642 g/mol. The molecule has 0 aromatic rings. The van der Waals surface area contributed by atoms with Gasteiger partial charge < -0.3 is 13.6 Å². The van der Waals surface area contributed by atoms with Crippen LogP contribution in [0.1, 0.15) is 107 Å². The van der Waals surface area contributed by atoms with Crippen LogP contribution in [-0.2, 0) is 18.4 Å². The minimum atomic E-state index is -1.99. The molecule has 0 bridgehead atoms. The first-order valence-corrected chi connectivity index (χ1v) is 23.2. The van der Waals surface area contributed by atoms with Crippen molar-refractivity contribution in [3.63, 3.8) is 0 Å². The number of carbonyl (C=O) groups is 1. The van der Waals surface area contributed by atoms with E-state index in [4.69, 9.17) is 13.6 Å². The lowest BCUT2D eigenvalue weighted by Gasteiger charge is -2.46. The zero-order valence-electron chi connectivity index (χ0n) is 30.7. The Morgan fingerprint density at radius 2 is 1.52 bits per heavy atom. The molecule has 3 rings (SSSR count). The van der Waals surface area contributed by atoms with E-state index in [0.717, 1.165) is 18.4 Å². The lowest BCUT2D eigenvalue weighted by molar-refractivity contribution is -0.137. The van der Waals surface area contributed by atoms with Crippen LogP contribution in [0.15, 0.2) is 47.6 Å². The molecule has 0 aliphatic heterocycles. The first-order valence-electron chi connectivity index (χ1n) is 17.4. The number of rotatable bonds is 9. The van der Waals surface area contributed by atoms with Crippen molar-refractivity contribution in [2.75, 3.05) is 6.61 Å². The van der Waals surface area contributed by atoms with Crippen LogP contribution in [0, 0.1) is 23.2 Å². The standard InChI is InChI=1S/C38H66O4Si2/c1-15-40-35(39)23-18-27(2)31-21-22-32-30(17-16-24-38(31,32)10)20-19-29-25-33(41-43(11,12)36(4,5)6)28(3)34(26-29)42-44(13,14)37(7,8)9/h18-20,23,27,31-34H,3,15-17,21-22,24-26H2,1-2,4-14H3/b23-18+,30-20+/t27-,31-,32+,33-,34-,38-/m1/s1. The van der Waals surface area contributed by atoms with Crippen molar-refractivity contribution in [2.24, 2.45) is 23.2 Å². The molecule has 0 heterocycles. The first-order chi connectivity index (χ1) is 20.1. The molecule has 0 aromatic heterocycles. The Balaban J connectivity index is 1.88. The molecule has 0 unspecified atom stereocenters. The van der Waals surface area contributed by atoms with Crippen molar-refractivity contribution in [1.82, 2.24) is 0 Å². The van der Waals surface area contributed by atoms with Gasteiger partial charge in [-0.1, -0.05) is 91.3 Å². The second-order valence-electron chi connectivity index (χ2n) is 17.3. The van der Waals surface area contributed by atoms with Gasteiger partial charge in [0.2, 0.25) is 0 Å². The Bertz CT molecular complexity index is 1090. The minimum Gasteiger partial charge on any atom is -0.463 e. The zero-order valence-corrected chi connectivity index (χ0v) is 32.7. The maximum Gasteiger partial charge on any atom is 0.330 e. The fourth-order valence-electron chi connectivity index (χ4n) is 7.39. The number of esters is 1. The zero-order chi connectivity index (χ0) is 33.3. The molecule has 250 valence electrons. The highest BCUT2D eigenvalue weighted by Crippen LogP contribution is 2.59. The van der Waals surface area contributed by atoms with Crippen molar-refractivity contribution in [3.8, 4) is 0 Å². The summed E-state index contributed by atoms with van der Waals surface area (Å²) in [6.07, 6.45) is 16.6. The SMILES string of the molecule is C=C1[C@H](O[Si](C)(C)C(C)(C)C)CC(=C/C=C2\CCC[C@]3(C)[C@@H]([C@H](C)/C=C/C(=O)OCC)CC[C@@H]23)C[C@H]1O[Si](C)(C)C(C)(C)C. The molecule has 0 amide bonds. The molecule has 6 heteroatoms. The summed E-state index contributed by atoms with van der Waals surface area (Å²) in [6.45, 7) is 35.0. The van der Waals surface area contributed by atoms with Gasteiger partial charge in [0.15, 0.2) is 16.6 Å². The lowest BCUT2D eigenvalue weighted by Crippen LogP contribution is -2.49. The molecule has 6 atom stereocenters. The third-order valence-corrected chi connectivity index (χ3v) is 21.2. The summed E-state index contributed by atoms with van der Waals surface area (Å²) in [6, 6.07) is 0. The van der Waals surface area contributed by atoms with Crippen LogP contribution in [0.4, 0.5) is 0 Å². The number of hydrogen-bond donors (Lipinski definition) is 0. The van der Waals surface area contributed by atoms with E-state index < -0.39 is 16.6 Å². The summed E-state index contributed by atoms with van der Waals surface area (Å²) in [5.41, 5.74) is 4.45. The van der Waals surface area contributed by atoms with E-state index in [2.05, 4.69) is 106 Å². The van der Waals surface area contributed by atoms with E-state index in [0.29, 0.717) is 24.4 Å². The third-order valence-electron chi connectivity index (χ3n) is 12.2. The van der Waals surface area contributed by atoms with E-state index in [1.54, 1.807) is 11.6 Å². The number of allylic oxidation sites excluding steroid dienone is 4. The van der Waals surface area contributed by atoms with Crippen LogP contribution >= 0.6 is 0 Å². The van der Waals surface area contributed by atoms with Gasteiger partial charge in [0.05, 0.1) is 18.8 Å². The van der Waals surface area contributed by atoms with Gasteiger partial charge in [0.25, 0.3) is 0 Å². The molecule has 3 aliphatic rings. The van der Waals surface area contributed by atoms with E-state index >= 15 is 0 Å². The van der Waals surface area contributed by atoms with Crippen molar-refractivity contribution in [3.05, 3.63) is 47.6 Å². The molecule has 3 saturated carbocycles. The van der Waals surface area contributed by atoms with Crippen molar-refractivity contribution >= 4 is 22.6 Å². The summed E-state index contributed by atoms with van der Waals surface area (Å²) < 4.78 is 19.3. The molecule has 0 saturated heterocycles. The molecule has 4 nitrogen and oxygen atoms in total. The van der Waals surface area contributed by atoms with Crippen LogP contribution in [0.25, 0.3) is 0 Å². The Morgan fingerprint density at radius 1 is 0.977 bits per heavy atom. The van der Waals surface area contributed by atoms with E-state index in [-0.39, 0.29) is 33.7 Å². The molecule has 0 N–H and O–H groups in total. The minimum absolute atomic E-state index is 0.00331. The fraction of sp³-hybridized carbons (Fsp3) is 0.763. The fourth-order valence-corrected chi connectivity index (χ4v) is 9.99. The van der Waals surface area contributed by atoms with E-state index in [1.165, 1.54) is 37.7 Å². The molecule has 0 radical (unpaired) electrons. The lowest BCUT2D eigenvalue weighted by atomic mass is 9.61. The molecule has 3 aliphatic carbocycles. The maximum atomic E-state index is 12.0. The highest BCUT2D eigenvalue weighted by atomic mass is 28.4. The molecular formula is C38H66O4Si2. The van der Waals surface area contributed by atoms with E-state index in [9.17, 15) is 4.79 Å². The normalized spacial score (nSPS) is 30.5. The first kappa shape index (κ1) is 37.2. The molecule has 44 heavy (non-hydrogen) atoms. The topological polar surface area (TPSA) is 44.8 Å². The van der Waals surface area contributed by atoms with Gasteiger partial charge in [-0.15, -0.1) is 0 Å². The largest absolute Gasteiger partial charge is 0.463 e. The van der Waals surface area contributed by atoms with Gasteiger partial charge in [-0.2, -0.15) is 0 Å². The van der Waals surface area contributed by atoms with E-state index in [1.807, 2.05) is 6.92 Å². The van der Waals surface area contributed by atoms with Gasteiger partial charge in [0.1, 0.15) is 0 Å². The smallest absolute Gasteiger partial charge is 0.330 e. The quantitative estimate of drug-likeness (QED) is 0.109. The summed E-state index contributed by atoms with van der Waals surface area (Å²) in [7, 11) is -3.98. The highest BCUT2D eigenvalue weighted by Gasteiger charge is 2.50. The van der Waals surface area contributed by atoms with Crippen LogP contribution in [0.5, 0.6) is 0 Å². The molecule has 0 spiro atoms. The van der Waals surface area contributed by atoms with Gasteiger partial charge in [0, 0.05) is 6.08 Å². The number of fused-ring (bicyclic) bond motifs is 1. The summed E-state index contributed by atoms with van der Waals surface area (Å²) in [5.74, 6) is 1.32. The third kappa shape index (κ3) is 8.38. The highest BCUT2D eigenvalue weighted by molar-refractivity contribution is 6.74. The van der Waals surface area contributed by atoms with Crippen LogP contribution in [0.2, 0.25) is 36.3 Å². The average molecular weight is 643 g/mol. The summed E-state index contributed by atoms with van der Waals surface area (Å²) in [5, 5.41) is 0.279. The second kappa shape index (κ2) is 13.9. The van der Waals surface area contributed by atoms with Crippen LogP contribution < -0.4 is 0 Å². The maximum absolute atomic E-state index is 12.0. The Morgan fingerprint density at radius 3 is 2.02 bits per heavy atom. The second-order valence-corrected chi connectivity index (χ2v) is 26.9. The predicted molar refractivity (Wildman–Crippen MR) is 192 cm³/mol. The van der Waals surface area contributed by atoms with Crippen molar-refractivity contribution < 1.29 is 18.4 Å². The molecule has 0 aromatic carbocycles. The van der Waals surface area contributed by atoms with Crippen LogP contribution in [-0.4, -0.2) is 41.4 Å². The van der Waals surface area contributed by atoms with Gasteiger partial charge in [-0.05, 0) is 117 Å².